The Morgan fingerprint density at radius 1 is 1.27 bits per heavy atom. The van der Waals surface area contributed by atoms with E-state index in [4.69, 9.17) is 20.2 Å². The number of rotatable bonds is 4. The maximum atomic E-state index is 12.1. The number of carbonyl (C=O) groups is 1. The molecule has 0 spiro atoms. The molecule has 6 nitrogen and oxygen atoms in total. The third kappa shape index (κ3) is 3.60. The number of nitrogens with zero attached hydrogens (tertiary/aromatic N) is 1. The van der Waals surface area contributed by atoms with Crippen LogP contribution in [-0.4, -0.2) is 39.8 Å². The molecule has 3 rings (SSSR count). The van der Waals surface area contributed by atoms with Crippen molar-refractivity contribution in [3.05, 3.63) is 29.8 Å². The van der Waals surface area contributed by atoms with Crippen LogP contribution in [0, 0.1) is 5.92 Å². The molecule has 2 aliphatic heterocycles. The molecule has 0 radical (unpaired) electrons. The summed E-state index contributed by atoms with van der Waals surface area (Å²) < 4.78 is 33.2. The van der Waals surface area contributed by atoms with Crippen molar-refractivity contribution < 1.29 is 22.7 Å². The summed E-state index contributed by atoms with van der Waals surface area (Å²) in [5, 5.41) is 0. The standard InChI is InChI=1S/C14H16ClNO5S/c15-22(18,19)9-10-6-13(17)16(8-10)12-3-1-2-11(7-12)14-20-4-5-21-14/h1-3,7,10,14H,4-6,8-9H2. The summed E-state index contributed by atoms with van der Waals surface area (Å²) >= 11 is 0. The monoisotopic (exact) mass is 345 g/mol. The lowest BCUT2D eigenvalue weighted by atomic mass is 10.1. The quantitative estimate of drug-likeness (QED) is 0.776. The number of amides is 1. The second-order valence-electron chi connectivity index (χ2n) is 5.45. The molecule has 1 amide bonds. The van der Waals surface area contributed by atoms with Crippen LogP contribution in [0.25, 0.3) is 0 Å². The Morgan fingerprint density at radius 3 is 2.68 bits per heavy atom. The smallest absolute Gasteiger partial charge is 0.232 e. The molecule has 0 bridgehead atoms. The number of halogens is 1. The van der Waals surface area contributed by atoms with Crippen LogP contribution < -0.4 is 4.90 Å². The van der Waals surface area contributed by atoms with E-state index >= 15 is 0 Å². The molecule has 0 saturated carbocycles. The van der Waals surface area contributed by atoms with Gasteiger partial charge in [-0.2, -0.15) is 0 Å². The molecule has 0 N–H and O–H groups in total. The van der Waals surface area contributed by atoms with Crippen LogP contribution >= 0.6 is 10.7 Å². The molecule has 2 heterocycles. The first-order chi connectivity index (χ1) is 10.4. The molecule has 8 heteroatoms. The van der Waals surface area contributed by atoms with Gasteiger partial charge in [0.2, 0.25) is 15.0 Å². The van der Waals surface area contributed by atoms with Crippen molar-refractivity contribution in [1.29, 1.82) is 0 Å². The molecule has 1 aromatic rings. The lowest BCUT2D eigenvalue weighted by Gasteiger charge is -2.18. The van der Waals surface area contributed by atoms with E-state index in [1.807, 2.05) is 24.3 Å². The van der Waals surface area contributed by atoms with Gasteiger partial charge in [0.1, 0.15) is 0 Å². The molecule has 1 unspecified atom stereocenters. The fraction of sp³-hybridized carbons (Fsp3) is 0.500. The Bertz CT molecular complexity index is 672. The van der Waals surface area contributed by atoms with Crippen LogP contribution in [0.2, 0.25) is 0 Å². The Balaban J connectivity index is 1.76. The predicted molar refractivity (Wildman–Crippen MR) is 81.2 cm³/mol. The number of ether oxygens (including phenoxy) is 2. The average molecular weight is 346 g/mol. The maximum absolute atomic E-state index is 12.1. The molecular formula is C14H16ClNO5S. The lowest BCUT2D eigenvalue weighted by Crippen LogP contribution is -2.25. The van der Waals surface area contributed by atoms with Crippen molar-refractivity contribution >= 4 is 31.3 Å². The summed E-state index contributed by atoms with van der Waals surface area (Å²) in [5.74, 6) is -0.570. The highest BCUT2D eigenvalue weighted by Crippen LogP contribution is 2.30. The second-order valence-corrected chi connectivity index (χ2v) is 8.27. The van der Waals surface area contributed by atoms with E-state index in [9.17, 15) is 13.2 Å². The molecule has 0 aromatic heterocycles. The molecule has 2 saturated heterocycles. The molecule has 2 aliphatic rings. The van der Waals surface area contributed by atoms with Crippen molar-refractivity contribution in [2.24, 2.45) is 5.92 Å². The van der Waals surface area contributed by atoms with Gasteiger partial charge in [0.25, 0.3) is 0 Å². The van der Waals surface area contributed by atoms with Crippen LogP contribution in [0.15, 0.2) is 24.3 Å². The lowest BCUT2D eigenvalue weighted by molar-refractivity contribution is -0.117. The summed E-state index contributed by atoms with van der Waals surface area (Å²) in [7, 11) is 1.67. The zero-order valence-electron chi connectivity index (χ0n) is 11.8. The van der Waals surface area contributed by atoms with Gasteiger partial charge in [-0.05, 0) is 12.1 Å². The van der Waals surface area contributed by atoms with Crippen LogP contribution in [0.1, 0.15) is 18.3 Å². The molecular weight excluding hydrogens is 330 g/mol. The summed E-state index contributed by atoms with van der Waals surface area (Å²) in [5.41, 5.74) is 1.56. The van der Waals surface area contributed by atoms with E-state index in [1.165, 1.54) is 0 Å². The number of anilines is 1. The topological polar surface area (TPSA) is 72.9 Å². The second kappa shape index (κ2) is 6.16. The summed E-state index contributed by atoms with van der Waals surface area (Å²) in [6.07, 6.45) is -0.219. The van der Waals surface area contributed by atoms with E-state index in [0.717, 1.165) is 11.3 Å². The first-order valence-corrected chi connectivity index (χ1v) is 9.46. The van der Waals surface area contributed by atoms with Gasteiger partial charge in [0, 0.05) is 40.8 Å². The largest absolute Gasteiger partial charge is 0.346 e. The van der Waals surface area contributed by atoms with Crippen molar-refractivity contribution in [1.82, 2.24) is 0 Å². The van der Waals surface area contributed by atoms with Gasteiger partial charge < -0.3 is 14.4 Å². The molecule has 0 aliphatic carbocycles. The highest BCUT2D eigenvalue weighted by atomic mass is 35.7. The van der Waals surface area contributed by atoms with E-state index in [1.54, 1.807) is 4.90 Å². The molecule has 22 heavy (non-hydrogen) atoms. The summed E-state index contributed by atoms with van der Waals surface area (Å²) in [4.78, 5) is 13.7. The Morgan fingerprint density at radius 2 is 2.00 bits per heavy atom. The predicted octanol–water partition coefficient (Wildman–Crippen LogP) is 1.65. The number of carbonyl (C=O) groups excluding carboxylic acids is 1. The SMILES string of the molecule is O=C1CC(CS(=O)(=O)Cl)CN1c1cccc(C2OCCO2)c1. The highest BCUT2D eigenvalue weighted by Gasteiger charge is 2.33. The van der Waals surface area contributed by atoms with Gasteiger partial charge in [0.15, 0.2) is 6.29 Å². The van der Waals surface area contributed by atoms with Gasteiger partial charge >= 0.3 is 0 Å². The van der Waals surface area contributed by atoms with Crippen LogP contribution in [0.3, 0.4) is 0 Å². The fourth-order valence-electron chi connectivity index (χ4n) is 2.81. The van der Waals surface area contributed by atoms with Gasteiger partial charge in [0.05, 0.1) is 19.0 Å². The van der Waals surface area contributed by atoms with E-state index in [-0.39, 0.29) is 24.0 Å². The summed E-state index contributed by atoms with van der Waals surface area (Å²) in [6.45, 7) is 1.45. The van der Waals surface area contributed by atoms with Crippen LogP contribution in [-0.2, 0) is 23.3 Å². The molecule has 2 fully saturated rings. The highest BCUT2D eigenvalue weighted by molar-refractivity contribution is 8.13. The van der Waals surface area contributed by atoms with Gasteiger partial charge in [-0.15, -0.1) is 0 Å². The minimum absolute atomic E-state index is 0.101. The Hall–Kier alpha value is -1.15. The Kier molecular flexibility index (Phi) is 4.40. The van der Waals surface area contributed by atoms with E-state index < -0.39 is 15.3 Å². The first-order valence-electron chi connectivity index (χ1n) is 6.98. The number of hydrogen-bond acceptors (Lipinski definition) is 5. The zero-order chi connectivity index (χ0) is 15.7. The minimum atomic E-state index is -3.60. The fourth-order valence-corrected chi connectivity index (χ4v) is 4.14. The van der Waals surface area contributed by atoms with Crippen molar-refractivity contribution in [2.45, 2.75) is 12.7 Å². The van der Waals surface area contributed by atoms with E-state index in [0.29, 0.717) is 19.8 Å². The Labute approximate surface area is 133 Å². The number of hydrogen-bond donors (Lipinski definition) is 0. The normalized spacial score (nSPS) is 23.4. The van der Waals surface area contributed by atoms with Crippen LogP contribution in [0.5, 0.6) is 0 Å². The number of benzene rings is 1. The minimum Gasteiger partial charge on any atom is -0.346 e. The zero-order valence-corrected chi connectivity index (χ0v) is 13.3. The molecule has 1 aromatic carbocycles. The van der Waals surface area contributed by atoms with Crippen molar-refractivity contribution in [3.8, 4) is 0 Å². The first kappa shape index (κ1) is 15.7. The third-order valence-corrected chi connectivity index (χ3v) is 4.96. The molecule has 1 atom stereocenters. The van der Waals surface area contributed by atoms with Crippen molar-refractivity contribution in [2.75, 3.05) is 30.4 Å². The molecule has 120 valence electrons. The maximum Gasteiger partial charge on any atom is 0.232 e. The average Bonchev–Trinajstić information content (AvgIpc) is 3.07. The van der Waals surface area contributed by atoms with Gasteiger partial charge in [-0.25, -0.2) is 8.42 Å². The van der Waals surface area contributed by atoms with Gasteiger partial charge in [-0.3, -0.25) is 4.79 Å². The van der Waals surface area contributed by atoms with Crippen molar-refractivity contribution in [3.63, 3.8) is 0 Å². The van der Waals surface area contributed by atoms with E-state index in [2.05, 4.69) is 0 Å². The summed E-state index contributed by atoms with van der Waals surface area (Å²) in [6, 6.07) is 7.36. The van der Waals surface area contributed by atoms with Gasteiger partial charge in [-0.1, -0.05) is 12.1 Å². The third-order valence-electron chi connectivity index (χ3n) is 3.72. The van der Waals surface area contributed by atoms with Crippen LogP contribution in [0.4, 0.5) is 5.69 Å².